The van der Waals surface area contributed by atoms with Gasteiger partial charge in [-0.25, -0.2) is 13.2 Å². The number of carboxylic acid groups (broad SMARTS) is 1. The summed E-state index contributed by atoms with van der Waals surface area (Å²) in [5, 5.41) is 11.5. The number of likely N-dealkylation sites (tertiary alicyclic amines) is 1. The number of aliphatic carboxylic acids is 1. The van der Waals surface area contributed by atoms with Gasteiger partial charge >= 0.3 is 12.0 Å². The van der Waals surface area contributed by atoms with Crippen LogP contribution in [0.4, 0.5) is 4.79 Å². The van der Waals surface area contributed by atoms with Crippen LogP contribution >= 0.6 is 0 Å². The molecule has 2 aliphatic heterocycles. The Balaban J connectivity index is 1.69. The highest BCUT2D eigenvalue weighted by atomic mass is 32.2. The first-order valence-corrected chi connectivity index (χ1v) is 9.13. The molecule has 0 aliphatic carbocycles. The molecule has 21 heavy (non-hydrogen) atoms. The zero-order chi connectivity index (χ0) is 15.5. The van der Waals surface area contributed by atoms with Gasteiger partial charge in [-0.15, -0.1) is 0 Å². The Morgan fingerprint density at radius 2 is 2.00 bits per heavy atom. The van der Waals surface area contributed by atoms with Gasteiger partial charge in [-0.3, -0.25) is 4.79 Å². The number of nitrogens with zero attached hydrogens (tertiary/aromatic N) is 1. The number of rotatable bonds is 5. The zero-order valence-electron chi connectivity index (χ0n) is 12.0. The Morgan fingerprint density at radius 1 is 1.24 bits per heavy atom. The molecule has 0 aromatic heterocycles. The van der Waals surface area contributed by atoms with Crippen LogP contribution in [0.3, 0.4) is 0 Å². The third kappa shape index (κ3) is 4.87. The molecule has 8 heteroatoms. The molecule has 7 nitrogen and oxygen atoms in total. The molecular formula is C13H22N2O5S. The zero-order valence-corrected chi connectivity index (χ0v) is 12.8. The van der Waals surface area contributed by atoms with Gasteiger partial charge in [0.25, 0.3) is 0 Å². The summed E-state index contributed by atoms with van der Waals surface area (Å²) in [6, 6.07) is -0.169. The monoisotopic (exact) mass is 318 g/mol. The molecule has 120 valence electrons. The number of carbonyl (C=O) groups is 2. The molecule has 0 saturated carbocycles. The van der Waals surface area contributed by atoms with Crippen LogP contribution in [0.5, 0.6) is 0 Å². The van der Waals surface area contributed by atoms with Crippen molar-refractivity contribution in [1.29, 1.82) is 0 Å². The Hall–Kier alpha value is -1.31. The van der Waals surface area contributed by atoms with Crippen molar-refractivity contribution >= 4 is 21.8 Å². The van der Waals surface area contributed by atoms with Gasteiger partial charge in [-0.2, -0.15) is 0 Å². The minimum Gasteiger partial charge on any atom is -0.481 e. The standard InChI is InChI=1S/C13H22N2O5S/c16-12(17)2-1-10-3-5-15(8-10)13(18)14-7-11-4-6-21(19,20)9-11/h10-11H,1-9H2,(H,14,18)(H,16,17). The molecule has 0 bridgehead atoms. The average Bonchev–Trinajstić information content (AvgIpc) is 3.00. The maximum Gasteiger partial charge on any atom is 0.317 e. The first-order valence-electron chi connectivity index (χ1n) is 7.31. The predicted octanol–water partition coefficient (Wildman–Crippen LogP) is 0.317. The molecule has 0 aromatic rings. The quantitative estimate of drug-likeness (QED) is 0.759. The fourth-order valence-electron chi connectivity index (χ4n) is 2.96. The largest absolute Gasteiger partial charge is 0.481 e. The van der Waals surface area contributed by atoms with Crippen LogP contribution in [0.2, 0.25) is 0 Å². The molecule has 2 heterocycles. The molecule has 2 atom stereocenters. The third-order valence-electron chi connectivity index (χ3n) is 4.21. The lowest BCUT2D eigenvalue weighted by atomic mass is 10.0. The normalized spacial score (nSPS) is 27.7. The summed E-state index contributed by atoms with van der Waals surface area (Å²) < 4.78 is 22.7. The molecule has 2 fully saturated rings. The number of urea groups is 1. The van der Waals surface area contributed by atoms with Crippen molar-refractivity contribution in [3.05, 3.63) is 0 Å². The van der Waals surface area contributed by atoms with E-state index in [-0.39, 0.29) is 35.8 Å². The van der Waals surface area contributed by atoms with Crippen LogP contribution < -0.4 is 5.32 Å². The van der Waals surface area contributed by atoms with Crippen molar-refractivity contribution in [2.24, 2.45) is 11.8 Å². The van der Waals surface area contributed by atoms with Gasteiger partial charge in [-0.1, -0.05) is 0 Å². The van der Waals surface area contributed by atoms with Crippen LogP contribution in [0.25, 0.3) is 0 Å². The fourth-order valence-corrected chi connectivity index (χ4v) is 4.82. The summed E-state index contributed by atoms with van der Waals surface area (Å²) in [4.78, 5) is 24.2. The van der Waals surface area contributed by atoms with Crippen molar-refractivity contribution < 1.29 is 23.1 Å². The second kappa shape index (κ2) is 6.64. The van der Waals surface area contributed by atoms with Crippen molar-refractivity contribution in [2.45, 2.75) is 25.7 Å². The molecule has 2 amide bonds. The van der Waals surface area contributed by atoms with E-state index in [4.69, 9.17) is 5.11 Å². The summed E-state index contributed by atoms with van der Waals surface area (Å²) in [7, 11) is -2.91. The van der Waals surface area contributed by atoms with Crippen molar-refractivity contribution in [2.75, 3.05) is 31.1 Å². The third-order valence-corrected chi connectivity index (χ3v) is 6.05. The first kappa shape index (κ1) is 16.1. The van der Waals surface area contributed by atoms with Crippen LogP contribution in [0.15, 0.2) is 0 Å². The number of amides is 2. The second-order valence-electron chi connectivity index (χ2n) is 5.99. The fraction of sp³-hybridized carbons (Fsp3) is 0.846. The highest BCUT2D eigenvalue weighted by Crippen LogP contribution is 2.21. The Morgan fingerprint density at radius 3 is 2.62 bits per heavy atom. The lowest BCUT2D eigenvalue weighted by Crippen LogP contribution is -2.40. The maximum atomic E-state index is 12.0. The number of sulfone groups is 1. The van der Waals surface area contributed by atoms with Gasteiger partial charge in [0, 0.05) is 26.1 Å². The molecule has 0 aromatic carbocycles. The van der Waals surface area contributed by atoms with Crippen molar-refractivity contribution in [3.8, 4) is 0 Å². The number of hydrogen-bond acceptors (Lipinski definition) is 4. The van der Waals surface area contributed by atoms with E-state index in [2.05, 4.69) is 5.32 Å². The topological polar surface area (TPSA) is 104 Å². The second-order valence-corrected chi connectivity index (χ2v) is 8.22. The lowest BCUT2D eigenvalue weighted by Gasteiger charge is -2.18. The summed E-state index contributed by atoms with van der Waals surface area (Å²) in [5.41, 5.74) is 0. The van der Waals surface area contributed by atoms with Gasteiger partial charge in [0.2, 0.25) is 0 Å². The van der Waals surface area contributed by atoms with E-state index in [1.54, 1.807) is 4.90 Å². The van der Waals surface area contributed by atoms with E-state index in [1.165, 1.54) is 0 Å². The van der Waals surface area contributed by atoms with Gasteiger partial charge in [0.15, 0.2) is 9.84 Å². The van der Waals surface area contributed by atoms with Gasteiger partial charge in [0.05, 0.1) is 11.5 Å². The molecule has 2 saturated heterocycles. The van der Waals surface area contributed by atoms with Crippen LogP contribution in [-0.2, 0) is 14.6 Å². The first-order chi connectivity index (χ1) is 9.85. The number of carboxylic acids is 1. The summed E-state index contributed by atoms with van der Waals surface area (Å²) >= 11 is 0. The molecule has 2 N–H and O–H groups in total. The van der Waals surface area contributed by atoms with E-state index in [9.17, 15) is 18.0 Å². The van der Waals surface area contributed by atoms with Crippen molar-refractivity contribution in [3.63, 3.8) is 0 Å². The molecule has 2 rings (SSSR count). The summed E-state index contributed by atoms with van der Waals surface area (Å²) in [5.74, 6) is -0.161. The highest BCUT2D eigenvalue weighted by molar-refractivity contribution is 7.91. The smallest absolute Gasteiger partial charge is 0.317 e. The van der Waals surface area contributed by atoms with Gasteiger partial charge in [-0.05, 0) is 31.1 Å². The average molecular weight is 318 g/mol. The molecule has 2 unspecified atom stereocenters. The summed E-state index contributed by atoms with van der Waals surface area (Å²) in [6.45, 7) is 1.62. The molecule has 0 spiro atoms. The van der Waals surface area contributed by atoms with E-state index < -0.39 is 15.8 Å². The van der Waals surface area contributed by atoms with E-state index >= 15 is 0 Å². The molecule has 2 aliphatic rings. The van der Waals surface area contributed by atoms with Gasteiger partial charge < -0.3 is 15.3 Å². The Labute approximate surface area is 124 Å². The summed E-state index contributed by atoms with van der Waals surface area (Å²) in [6.07, 6.45) is 2.18. The minimum atomic E-state index is -2.91. The number of nitrogens with one attached hydrogen (secondary N) is 1. The maximum absolute atomic E-state index is 12.0. The van der Waals surface area contributed by atoms with Crippen LogP contribution in [0, 0.1) is 11.8 Å². The highest BCUT2D eigenvalue weighted by Gasteiger charge is 2.30. The van der Waals surface area contributed by atoms with Crippen LogP contribution in [-0.4, -0.2) is 61.6 Å². The van der Waals surface area contributed by atoms with Crippen molar-refractivity contribution in [1.82, 2.24) is 10.2 Å². The SMILES string of the molecule is O=C(O)CCC1CCN(C(=O)NCC2CCS(=O)(=O)C2)C1. The van der Waals surface area contributed by atoms with Gasteiger partial charge in [0.1, 0.15) is 0 Å². The Bertz CT molecular complexity index is 505. The number of carbonyl (C=O) groups excluding carboxylic acids is 1. The Kier molecular flexibility index (Phi) is 5.08. The molecular weight excluding hydrogens is 296 g/mol. The minimum absolute atomic E-state index is 0.0179. The van der Waals surface area contributed by atoms with E-state index in [1.807, 2.05) is 0 Å². The molecule has 0 radical (unpaired) electrons. The van der Waals surface area contributed by atoms with Crippen LogP contribution in [0.1, 0.15) is 25.7 Å². The lowest BCUT2D eigenvalue weighted by molar-refractivity contribution is -0.137. The van der Waals surface area contributed by atoms with E-state index in [0.717, 1.165) is 6.42 Å². The van der Waals surface area contributed by atoms with E-state index in [0.29, 0.717) is 32.5 Å². The number of hydrogen-bond donors (Lipinski definition) is 2. The predicted molar refractivity (Wildman–Crippen MR) is 76.7 cm³/mol.